The molecule has 0 saturated carbocycles. The molecule has 2 rings (SSSR count). The lowest BCUT2D eigenvalue weighted by atomic mass is 10.4. The quantitative estimate of drug-likeness (QED) is 0.671. The molecule has 0 radical (unpaired) electrons. The Bertz CT molecular complexity index is 474. The number of amides is 1. The molecule has 2 heterocycles. The van der Waals surface area contributed by atoms with E-state index in [1.165, 1.54) is 6.33 Å². The number of rotatable bonds is 1. The van der Waals surface area contributed by atoms with Gasteiger partial charge in [-0.1, -0.05) is 0 Å². The van der Waals surface area contributed by atoms with Gasteiger partial charge in [-0.3, -0.25) is 9.20 Å². The van der Waals surface area contributed by atoms with Gasteiger partial charge in [0, 0.05) is 11.9 Å². The molecular weight excluding hydrogens is 168 g/mol. The zero-order valence-electron chi connectivity index (χ0n) is 7.06. The van der Waals surface area contributed by atoms with Crippen LogP contribution in [0.2, 0.25) is 0 Å². The lowest BCUT2D eigenvalue weighted by Gasteiger charge is -1.95. The van der Waals surface area contributed by atoms with Crippen molar-refractivity contribution in [3.63, 3.8) is 0 Å². The highest BCUT2D eigenvalue weighted by atomic mass is 16.1. The van der Waals surface area contributed by atoms with Crippen LogP contribution in [0.3, 0.4) is 0 Å². The number of nitrogens with two attached hydrogens (primary N) is 1. The zero-order valence-corrected chi connectivity index (χ0v) is 7.06. The van der Waals surface area contributed by atoms with E-state index >= 15 is 0 Å². The van der Waals surface area contributed by atoms with Crippen LogP contribution in [-0.4, -0.2) is 20.3 Å². The summed E-state index contributed by atoms with van der Waals surface area (Å²) in [7, 11) is 0. The molecule has 5 heteroatoms. The summed E-state index contributed by atoms with van der Waals surface area (Å²) in [5, 5.41) is 0. The third kappa shape index (κ3) is 1.14. The van der Waals surface area contributed by atoms with Crippen molar-refractivity contribution in [2.24, 2.45) is 5.73 Å². The van der Waals surface area contributed by atoms with Gasteiger partial charge in [0.2, 0.25) is 0 Å². The second kappa shape index (κ2) is 2.55. The van der Waals surface area contributed by atoms with Gasteiger partial charge in [0.25, 0.3) is 5.91 Å². The summed E-state index contributed by atoms with van der Waals surface area (Å²) < 4.78 is 1.66. The Labute approximate surface area is 74.2 Å². The second-order valence-electron chi connectivity index (χ2n) is 2.76. The first kappa shape index (κ1) is 7.72. The van der Waals surface area contributed by atoms with Crippen molar-refractivity contribution in [1.82, 2.24) is 14.4 Å². The van der Waals surface area contributed by atoms with Crippen molar-refractivity contribution >= 4 is 11.6 Å². The van der Waals surface area contributed by atoms with Crippen LogP contribution in [0, 0.1) is 6.92 Å². The molecule has 0 unspecified atom stereocenters. The smallest absolute Gasteiger partial charge is 0.271 e. The van der Waals surface area contributed by atoms with E-state index in [0.29, 0.717) is 5.65 Å². The summed E-state index contributed by atoms with van der Waals surface area (Å²) in [6.07, 6.45) is 3.30. The van der Waals surface area contributed by atoms with Crippen LogP contribution in [0.25, 0.3) is 5.65 Å². The Morgan fingerprint density at radius 1 is 1.62 bits per heavy atom. The Morgan fingerprint density at radius 2 is 2.38 bits per heavy atom. The molecule has 2 aromatic heterocycles. The Balaban J connectivity index is 2.79. The molecule has 0 bridgehead atoms. The first-order valence-electron chi connectivity index (χ1n) is 3.78. The van der Waals surface area contributed by atoms with Gasteiger partial charge in [-0.2, -0.15) is 0 Å². The number of hydrogen-bond donors (Lipinski definition) is 1. The number of aromatic nitrogens is 3. The fourth-order valence-corrected chi connectivity index (χ4v) is 1.14. The molecule has 0 spiro atoms. The monoisotopic (exact) mass is 176 g/mol. The van der Waals surface area contributed by atoms with Gasteiger partial charge in [0.1, 0.15) is 6.33 Å². The fourth-order valence-electron chi connectivity index (χ4n) is 1.14. The van der Waals surface area contributed by atoms with Gasteiger partial charge in [0.15, 0.2) is 11.3 Å². The first-order valence-corrected chi connectivity index (χ1v) is 3.78. The van der Waals surface area contributed by atoms with Crippen LogP contribution in [0.4, 0.5) is 0 Å². The predicted molar refractivity (Wildman–Crippen MR) is 46.2 cm³/mol. The number of nitrogens with zero attached hydrogens (tertiary/aromatic N) is 3. The van der Waals surface area contributed by atoms with Gasteiger partial charge in [0.05, 0.1) is 0 Å². The van der Waals surface area contributed by atoms with Crippen LogP contribution in [0.5, 0.6) is 0 Å². The fraction of sp³-hybridized carbons (Fsp3) is 0.125. The van der Waals surface area contributed by atoms with Crippen molar-refractivity contribution in [3.05, 3.63) is 30.0 Å². The zero-order chi connectivity index (χ0) is 9.42. The van der Waals surface area contributed by atoms with Gasteiger partial charge >= 0.3 is 0 Å². The summed E-state index contributed by atoms with van der Waals surface area (Å²) in [6.45, 7) is 1.85. The van der Waals surface area contributed by atoms with E-state index in [1.54, 1.807) is 10.6 Å². The lowest BCUT2D eigenvalue weighted by Crippen LogP contribution is -2.12. The molecule has 0 aromatic carbocycles. The van der Waals surface area contributed by atoms with Crippen molar-refractivity contribution in [3.8, 4) is 0 Å². The number of hydrogen-bond acceptors (Lipinski definition) is 3. The number of carbonyl (C=O) groups is 1. The van der Waals surface area contributed by atoms with Gasteiger partial charge < -0.3 is 5.73 Å². The SMILES string of the molecule is Cc1ccn2cnc(C(N)=O)c2n1. The third-order valence-electron chi connectivity index (χ3n) is 1.76. The molecule has 1 amide bonds. The average Bonchev–Trinajstić information content (AvgIpc) is 2.46. The summed E-state index contributed by atoms with van der Waals surface area (Å²) >= 11 is 0. The van der Waals surface area contributed by atoms with Crippen LogP contribution in [0.15, 0.2) is 18.6 Å². The van der Waals surface area contributed by atoms with Crippen LogP contribution in [0.1, 0.15) is 16.2 Å². The molecule has 2 aromatic rings. The number of fused-ring (bicyclic) bond motifs is 1. The summed E-state index contributed by atoms with van der Waals surface area (Å²) in [6, 6.07) is 1.83. The highest BCUT2D eigenvalue weighted by molar-refractivity contribution is 5.96. The maximum Gasteiger partial charge on any atom is 0.271 e. The minimum atomic E-state index is -0.555. The molecular formula is C8H8N4O. The molecule has 0 aliphatic rings. The highest BCUT2D eigenvalue weighted by Crippen LogP contribution is 2.06. The van der Waals surface area contributed by atoms with Crippen molar-refractivity contribution in [2.75, 3.05) is 0 Å². The van der Waals surface area contributed by atoms with Crippen molar-refractivity contribution in [2.45, 2.75) is 6.92 Å². The highest BCUT2D eigenvalue weighted by Gasteiger charge is 2.10. The third-order valence-corrected chi connectivity index (χ3v) is 1.76. The normalized spacial score (nSPS) is 10.5. The standard InChI is InChI=1S/C8H8N4O/c1-5-2-3-12-4-10-6(7(9)13)8(12)11-5/h2-4H,1H3,(H2,9,13). The molecule has 13 heavy (non-hydrogen) atoms. The van der Waals surface area contributed by atoms with E-state index in [-0.39, 0.29) is 5.69 Å². The topological polar surface area (TPSA) is 73.3 Å². The molecule has 0 aliphatic heterocycles. The van der Waals surface area contributed by atoms with Crippen molar-refractivity contribution in [1.29, 1.82) is 0 Å². The lowest BCUT2D eigenvalue weighted by molar-refractivity contribution is 0.0997. The number of imidazole rings is 1. The minimum absolute atomic E-state index is 0.212. The number of aryl methyl sites for hydroxylation is 1. The Kier molecular flexibility index (Phi) is 1.51. The number of carbonyl (C=O) groups excluding carboxylic acids is 1. The minimum Gasteiger partial charge on any atom is -0.364 e. The molecule has 0 aliphatic carbocycles. The molecule has 0 atom stereocenters. The van der Waals surface area contributed by atoms with Crippen molar-refractivity contribution < 1.29 is 4.79 Å². The molecule has 66 valence electrons. The molecule has 2 N–H and O–H groups in total. The van der Waals surface area contributed by atoms with Gasteiger partial charge in [-0.05, 0) is 13.0 Å². The molecule has 0 saturated heterocycles. The largest absolute Gasteiger partial charge is 0.364 e. The van der Waals surface area contributed by atoms with E-state index in [9.17, 15) is 4.79 Å². The van der Waals surface area contributed by atoms with Crippen LogP contribution >= 0.6 is 0 Å². The Morgan fingerprint density at radius 3 is 3.08 bits per heavy atom. The second-order valence-corrected chi connectivity index (χ2v) is 2.76. The number of primary amides is 1. The van der Waals surface area contributed by atoms with E-state index in [4.69, 9.17) is 5.73 Å². The average molecular weight is 176 g/mol. The summed E-state index contributed by atoms with van der Waals surface area (Å²) in [5.41, 5.74) is 6.67. The molecule has 0 fully saturated rings. The summed E-state index contributed by atoms with van der Waals surface area (Å²) in [5.74, 6) is -0.555. The van der Waals surface area contributed by atoms with Gasteiger partial charge in [-0.25, -0.2) is 9.97 Å². The maximum atomic E-state index is 10.9. The summed E-state index contributed by atoms with van der Waals surface area (Å²) in [4.78, 5) is 18.9. The van der Waals surface area contributed by atoms with Crippen LogP contribution < -0.4 is 5.73 Å². The van der Waals surface area contributed by atoms with E-state index < -0.39 is 5.91 Å². The molecule has 5 nitrogen and oxygen atoms in total. The van der Waals surface area contributed by atoms with Crippen LogP contribution in [-0.2, 0) is 0 Å². The predicted octanol–water partition coefficient (Wildman–Crippen LogP) is 0.137. The first-order chi connectivity index (χ1) is 6.18. The van der Waals surface area contributed by atoms with E-state index in [0.717, 1.165) is 5.69 Å². The maximum absolute atomic E-state index is 10.9. The Hall–Kier alpha value is -1.91. The van der Waals surface area contributed by atoms with E-state index in [1.807, 2.05) is 13.0 Å². The van der Waals surface area contributed by atoms with E-state index in [2.05, 4.69) is 9.97 Å². The van der Waals surface area contributed by atoms with Gasteiger partial charge in [-0.15, -0.1) is 0 Å².